The second-order valence-electron chi connectivity index (χ2n) is 6.80. The average molecular weight is 453 g/mol. The first-order valence-electron chi connectivity index (χ1n) is 9.57. The van der Waals surface area contributed by atoms with Gasteiger partial charge < -0.3 is 10.1 Å². The first kappa shape index (κ1) is 21.4. The number of esters is 1. The average Bonchev–Trinajstić information content (AvgIpc) is 3.45. The summed E-state index contributed by atoms with van der Waals surface area (Å²) in [5, 5.41) is 8.57. The van der Waals surface area contributed by atoms with E-state index in [1.165, 1.54) is 11.3 Å². The highest BCUT2D eigenvalue weighted by Gasteiger charge is 2.21. The quantitative estimate of drug-likeness (QED) is 0.411. The zero-order valence-corrected chi connectivity index (χ0v) is 17.4. The number of carbonyl (C=O) groups excluding carboxylic acids is 2. The predicted molar refractivity (Wildman–Crippen MR) is 116 cm³/mol. The summed E-state index contributed by atoms with van der Waals surface area (Å²) in [7, 11) is 0. The van der Waals surface area contributed by atoms with Gasteiger partial charge >= 0.3 is 5.97 Å². The zero-order chi connectivity index (χ0) is 22.5. The Kier molecular flexibility index (Phi) is 6.37. The minimum absolute atomic E-state index is 0.202. The van der Waals surface area contributed by atoms with E-state index in [0.717, 1.165) is 28.6 Å². The van der Waals surface area contributed by atoms with Gasteiger partial charge in [-0.2, -0.15) is 5.10 Å². The molecule has 0 radical (unpaired) electrons. The molecule has 2 aromatic carbocycles. The molecule has 0 saturated heterocycles. The Bertz CT molecular complexity index is 1240. The number of aromatic nitrogens is 2. The highest BCUT2D eigenvalue weighted by atomic mass is 32.1. The topological polar surface area (TPSA) is 73.2 Å². The number of amides is 1. The molecule has 6 nitrogen and oxygen atoms in total. The van der Waals surface area contributed by atoms with Gasteiger partial charge in [-0.3, -0.25) is 9.48 Å². The highest BCUT2D eigenvalue weighted by molar-refractivity contribution is 7.13. The molecule has 162 valence electrons. The Balaban J connectivity index is 1.48. The van der Waals surface area contributed by atoms with Crippen molar-refractivity contribution < 1.29 is 23.1 Å². The van der Waals surface area contributed by atoms with Crippen LogP contribution in [0, 0.1) is 11.6 Å². The van der Waals surface area contributed by atoms with Crippen molar-refractivity contribution in [2.45, 2.75) is 6.54 Å². The number of rotatable bonds is 7. The van der Waals surface area contributed by atoms with Crippen LogP contribution in [0.1, 0.15) is 15.9 Å². The molecule has 4 rings (SSSR count). The number of thiophene rings is 1. The van der Waals surface area contributed by atoms with Gasteiger partial charge in [0.25, 0.3) is 5.91 Å². The van der Waals surface area contributed by atoms with Crippen molar-refractivity contribution in [3.63, 3.8) is 0 Å². The molecule has 0 spiro atoms. The normalized spacial score (nSPS) is 10.7. The number of nitrogens with zero attached hydrogens (tertiary/aromatic N) is 2. The first-order valence-corrected chi connectivity index (χ1v) is 10.4. The van der Waals surface area contributed by atoms with Gasteiger partial charge in [0.2, 0.25) is 0 Å². The maximum Gasteiger partial charge on any atom is 0.342 e. The van der Waals surface area contributed by atoms with Crippen LogP contribution in [-0.2, 0) is 16.1 Å². The monoisotopic (exact) mass is 453 g/mol. The van der Waals surface area contributed by atoms with Gasteiger partial charge in [-0.15, -0.1) is 11.3 Å². The minimum atomic E-state index is -0.798. The molecule has 1 N–H and O–H groups in total. The fourth-order valence-corrected chi connectivity index (χ4v) is 3.73. The number of ether oxygens (including phenoxy) is 1. The Hall–Kier alpha value is -3.85. The maximum absolute atomic E-state index is 13.7. The molecule has 2 heterocycles. The number of benzene rings is 2. The SMILES string of the molecule is O=C(COC(=O)c1cn(Cc2ccccc2)nc1-c1cccs1)Nc1cc(F)ccc1F. The lowest BCUT2D eigenvalue weighted by Crippen LogP contribution is -2.21. The van der Waals surface area contributed by atoms with E-state index >= 15 is 0 Å². The van der Waals surface area contributed by atoms with Crippen LogP contribution in [0.25, 0.3) is 10.6 Å². The summed E-state index contributed by atoms with van der Waals surface area (Å²) in [6.07, 6.45) is 1.56. The second kappa shape index (κ2) is 9.52. The fraction of sp³-hybridized carbons (Fsp3) is 0.0870. The van der Waals surface area contributed by atoms with E-state index in [1.807, 2.05) is 47.8 Å². The van der Waals surface area contributed by atoms with Gasteiger partial charge in [0, 0.05) is 12.3 Å². The van der Waals surface area contributed by atoms with Crippen molar-refractivity contribution in [3.8, 4) is 10.6 Å². The van der Waals surface area contributed by atoms with Crippen molar-refractivity contribution in [2.24, 2.45) is 0 Å². The molecule has 0 bridgehead atoms. The fourth-order valence-electron chi connectivity index (χ4n) is 3.01. The third kappa shape index (κ3) is 5.06. The van der Waals surface area contributed by atoms with Crippen molar-refractivity contribution in [1.82, 2.24) is 9.78 Å². The van der Waals surface area contributed by atoms with E-state index in [9.17, 15) is 18.4 Å². The van der Waals surface area contributed by atoms with Crippen LogP contribution in [0.15, 0.2) is 72.2 Å². The summed E-state index contributed by atoms with van der Waals surface area (Å²) in [6.45, 7) is -0.214. The summed E-state index contributed by atoms with van der Waals surface area (Å²) < 4.78 is 33.7. The molecule has 1 amide bonds. The van der Waals surface area contributed by atoms with Crippen LogP contribution in [0.4, 0.5) is 14.5 Å². The smallest absolute Gasteiger partial charge is 0.342 e. The number of hydrogen-bond donors (Lipinski definition) is 1. The lowest BCUT2D eigenvalue weighted by molar-refractivity contribution is -0.119. The van der Waals surface area contributed by atoms with Crippen molar-refractivity contribution in [2.75, 3.05) is 11.9 Å². The van der Waals surface area contributed by atoms with Crippen LogP contribution < -0.4 is 5.32 Å². The lowest BCUT2D eigenvalue weighted by Gasteiger charge is -2.07. The zero-order valence-electron chi connectivity index (χ0n) is 16.6. The van der Waals surface area contributed by atoms with Crippen LogP contribution in [0.5, 0.6) is 0 Å². The molecular weight excluding hydrogens is 436 g/mol. The molecule has 0 aliphatic carbocycles. The molecule has 0 fully saturated rings. The molecule has 0 aliphatic rings. The van der Waals surface area contributed by atoms with Gasteiger partial charge in [0.15, 0.2) is 6.61 Å². The number of hydrogen-bond acceptors (Lipinski definition) is 5. The van der Waals surface area contributed by atoms with Gasteiger partial charge in [-0.25, -0.2) is 13.6 Å². The molecular formula is C23H17F2N3O3S. The standard InChI is InChI=1S/C23H17F2N3O3S/c24-16-8-9-18(25)19(11-16)26-21(29)14-31-23(30)17-13-28(12-15-5-2-1-3-6-15)27-22(17)20-7-4-10-32-20/h1-11,13H,12,14H2,(H,26,29). The number of nitrogens with one attached hydrogen (secondary N) is 1. The van der Waals surface area contributed by atoms with Crippen molar-refractivity contribution >= 4 is 28.9 Å². The Morgan fingerprint density at radius 2 is 1.88 bits per heavy atom. The predicted octanol–water partition coefficient (Wildman–Crippen LogP) is 4.73. The summed E-state index contributed by atoms with van der Waals surface area (Å²) in [6, 6.07) is 16.0. The minimum Gasteiger partial charge on any atom is -0.452 e. The third-order valence-electron chi connectivity index (χ3n) is 4.46. The summed E-state index contributed by atoms with van der Waals surface area (Å²) >= 11 is 1.42. The molecule has 2 aromatic heterocycles. The molecule has 32 heavy (non-hydrogen) atoms. The molecule has 0 atom stereocenters. The van der Waals surface area contributed by atoms with Crippen LogP contribution in [-0.4, -0.2) is 28.3 Å². The van der Waals surface area contributed by atoms with E-state index in [-0.39, 0.29) is 11.3 Å². The largest absolute Gasteiger partial charge is 0.452 e. The molecule has 0 aliphatic heterocycles. The summed E-state index contributed by atoms with van der Waals surface area (Å²) in [4.78, 5) is 25.6. The summed E-state index contributed by atoms with van der Waals surface area (Å²) in [5.41, 5.74) is 1.32. The highest BCUT2D eigenvalue weighted by Crippen LogP contribution is 2.27. The van der Waals surface area contributed by atoms with E-state index in [1.54, 1.807) is 10.9 Å². The molecule has 0 saturated carbocycles. The second-order valence-corrected chi connectivity index (χ2v) is 7.75. The van der Waals surface area contributed by atoms with E-state index in [4.69, 9.17) is 4.74 Å². The molecule has 4 aromatic rings. The van der Waals surface area contributed by atoms with Gasteiger partial charge in [-0.1, -0.05) is 36.4 Å². The maximum atomic E-state index is 13.7. The summed E-state index contributed by atoms with van der Waals surface area (Å²) in [5.74, 6) is -3.04. The Morgan fingerprint density at radius 1 is 1.06 bits per heavy atom. The number of anilines is 1. The van der Waals surface area contributed by atoms with Crippen LogP contribution in [0.3, 0.4) is 0 Å². The van der Waals surface area contributed by atoms with E-state index in [0.29, 0.717) is 12.2 Å². The van der Waals surface area contributed by atoms with Gasteiger partial charge in [0.05, 0.1) is 17.1 Å². The van der Waals surface area contributed by atoms with Crippen molar-refractivity contribution in [3.05, 3.63) is 95.0 Å². The van der Waals surface area contributed by atoms with E-state index < -0.39 is 30.1 Å². The van der Waals surface area contributed by atoms with Crippen LogP contribution >= 0.6 is 11.3 Å². The van der Waals surface area contributed by atoms with E-state index in [2.05, 4.69) is 10.4 Å². The van der Waals surface area contributed by atoms with Crippen molar-refractivity contribution in [1.29, 1.82) is 0 Å². The lowest BCUT2D eigenvalue weighted by atomic mass is 10.2. The first-order chi connectivity index (χ1) is 15.5. The number of carbonyl (C=O) groups is 2. The van der Waals surface area contributed by atoms with Gasteiger partial charge in [-0.05, 0) is 29.1 Å². The molecule has 0 unspecified atom stereocenters. The number of halogens is 2. The van der Waals surface area contributed by atoms with Crippen LogP contribution in [0.2, 0.25) is 0 Å². The van der Waals surface area contributed by atoms with Gasteiger partial charge in [0.1, 0.15) is 22.9 Å². The third-order valence-corrected chi connectivity index (χ3v) is 5.34. The molecule has 9 heteroatoms. The Morgan fingerprint density at radius 3 is 2.62 bits per heavy atom. The Labute approximate surface area is 186 Å².